The third kappa shape index (κ3) is 5.16. The summed E-state index contributed by atoms with van der Waals surface area (Å²) < 4.78 is 0. The Labute approximate surface area is 142 Å². The second-order valence-electron chi connectivity index (χ2n) is 6.87. The summed E-state index contributed by atoms with van der Waals surface area (Å²) in [5.74, 6) is 0. The second-order valence-corrected chi connectivity index (χ2v) is 7.80. The minimum absolute atomic E-state index is 0.0240. The van der Waals surface area contributed by atoms with E-state index in [4.69, 9.17) is 0 Å². The van der Waals surface area contributed by atoms with Gasteiger partial charge in [-0.25, -0.2) is 9.78 Å². The fraction of sp³-hybridized carbons (Fsp3) is 0.750. The van der Waals surface area contributed by atoms with E-state index in [1.807, 2.05) is 24.1 Å². The van der Waals surface area contributed by atoms with Crippen molar-refractivity contribution in [3.63, 3.8) is 0 Å². The van der Waals surface area contributed by atoms with Crippen LogP contribution < -0.4 is 5.32 Å². The quantitative estimate of drug-likeness (QED) is 0.861. The smallest absolute Gasteiger partial charge is 0.318 e. The highest BCUT2D eigenvalue weighted by molar-refractivity contribution is 7.09. The Bertz CT molecular complexity index is 501. The van der Waals surface area contributed by atoms with Crippen LogP contribution in [-0.2, 0) is 0 Å². The maximum absolute atomic E-state index is 12.6. The maximum atomic E-state index is 12.6. The number of aromatic nitrogens is 1. The summed E-state index contributed by atoms with van der Waals surface area (Å²) in [6, 6.07) is 0.0754. The van der Waals surface area contributed by atoms with Gasteiger partial charge in [0.15, 0.2) is 0 Å². The van der Waals surface area contributed by atoms with Gasteiger partial charge in [-0.3, -0.25) is 4.90 Å². The predicted molar refractivity (Wildman–Crippen MR) is 92.6 cm³/mol. The van der Waals surface area contributed by atoms with Gasteiger partial charge in [0.25, 0.3) is 0 Å². The molecule has 0 aliphatic carbocycles. The Morgan fingerprint density at radius 1 is 1.57 bits per heavy atom. The average molecular weight is 340 g/mol. The first-order chi connectivity index (χ1) is 10.8. The molecule has 2 atom stereocenters. The summed E-state index contributed by atoms with van der Waals surface area (Å²) in [4.78, 5) is 21.0. The third-order valence-electron chi connectivity index (χ3n) is 4.04. The van der Waals surface area contributed by atoms with E-state index < -0.39 is 5.60 Å². The molecular weight excluding hydrogens is 312 g/mol. The van der Waals surface area contributed by atoms with Crippen LogP contribution >= 0.6 is 11.3 Å². The zero-order valence-corrected chi connectivity index (χ0v) is 15.3. The van der Waals surface area contributed by atoms with Crippen molar-refractivity contribution in [2.75, 3.05) is 26.2 Å². The van der Waals surface area contributed by atoms with Crippen LogP contribution in [0, 0.1) is 0 Å². The number of urea groups is 1. The number of nitrogens with zero attached hydrogens (tertiary/aromatic N) is 3. The van der Waals surface area contributed by atoms with Gasteiger partial charge in [-0.1, -0.05) is 6.92 Å². The Morgan fingerprint density at radius 2 is 2.30 bits per heavy atom. The van der Waals surface area contributed by atoms with Gasteiger partial charge in [0.2, 0.25) is 0 Å². The first kappa shape index (κ1) is 18.2. The number of hydrogen-bond donors (Lipinski definition) is 2. The van der Waals surface area contributed by atoms with Crippen molar-refractivity contribution in [2.24, 2.45) is 0 Å². The minimum atomic E-state index is -0.706. The van der Waals surface area contributed by atoms with Crippen LogP contribution in [0.1, 0.15) is 45.2 Å². The number of β-amino-alcohol motifs (C(OH)–C–C–N with tert-alkyl or cyclic N) is 1. The molecule has 7 heteroatoms. The molecule has 2 heterocycles. The van der Waals surface area contributed by atoms with Crippen molar-refractivity contribution in [2.45, 2.75) is 51.8 Å². The van der Waals surface area contributed by atoms with E-state index in [2.05, 4.69) is 29.0 Å². The molecule has 1 fully saturated rings. The van der Waals surface area contributed by atoms with E-state index in [0.717, 1.165) is 24.5 Å². The number of aliphatic hydroxyl groups is 1. The molecule has 1 aromatic heterocycles. The number of thiazole rings is 1. The molecule has 1 aliphatic heterocycles. The van der Waals surface area contributed by atoms with Crippen molar-refractivity contribution in [3.05, 3.63) is 16.6 Å². The van der Waals surface area contributed by atoms with Crippen molar-refractivity contribution >= 4 is 17.4 Å². The topological polar surface area (TPSA) is 68.7 Å². The summed E-state index contributed by atoms with van der Waals surface area (Å²) in [5, 5.41) is 15.9. The number of piperazine rings is 1. The van der Waals surface area contributed by atoms with Gasteiger partial charge >= 0.3 is 6.03 Å². The number of carbonyl (C=O) groups is 1. The van der Waals surface area contributed by atoms with Gasteiger partial charge in [0.1, 0.15) is 5.01 Å². The van der Waals surface area contributed by atoms with Crippen molar-refractivity contribution in [1.29, 1.82) is 0 Å². The summed E-state index contributed by atoms with van der Waals surface area (Å²) in [6.07, 6.45) is 2.60. The van der Waals surface area contributed by atoms with Gasteiger partial charge in [-0.05, 0) is 27.2 Å². The zero-order chi connectivity index (χ0) is 17.0. The molecule has 0 unspecified atom stereocenters. The third-order valence-corrected chi connectivity index (χ3v) is 4.93. The lowest BCUT2D eigenvalue weighted by Crippen LogP contribution is -2.58. The lowest BCUT2D eigenvalue weighted by molar-refractivity contribution is 0.0117. The van der Waals surface area contributed by atoms with E-state index in [1.165, 1.54) is 0 Å². The zero-order valence-electron chi connectivity index (χ0n) is 14.5. The number of nitrogens with one attached hydrogen (secondary N) is 1. The van der Waals surface area contributed by atoms with Crippen LogP contribution in [0.3, 0.4) is 0 Å². The van der Waals surface area contributed by atoms with Gasteiger partial charge in [0.05, 0.1) is 11.6 Å². The number of carbonyl (C=O) groups excluding carboxylic acids is 1. The van der Waals surface area contributed by atoms with E-state index in [9.17, 15) is 9.90 Å². The first-order valence-electron chi connectivity index (χ1n) is 8.21. The Balaban J connectivity index is 1.91. The van der Waals surface area contributed by atoms with E-state index in [1.54, 1.807) is 17.5 Å². The molecule has 0 spiro atoms. The highest BCUT2D eigenvalue weighted by Gasteiger charge is 2.30. The van der Waals surface area contributed by atoms with E-state index in [0.29, 0.717) is 13.1 Å². The number of rotatable bonds is 5. The molecule has 2 rings (SSSR count). The van der Waals surface area contributed by atoms with E-state index >= 15 is 0 Å². The fourth-order valence-corrected chi connectivity index (χ4v) is 3.78. The van der Waals surface area contributed by atoms with Crippen molar-refractivity contribution in [3.8, 4) is 0 Å². The highest BCUT2D eigenvalue weighted by Crippen LogP contribution is 2.20. The second kappa shape index (κ2) is 7.59. The molecule has 0 aromatic carbocycles. The van der Waals surface area contributed by atoms with Gasteiger partial charge < -0.3 is 15.3 Å². The summed E-state index contributed by atoms with van der Waals surface area (Å²) >= 11 is 1.57. The molecule has 1 aliphatic rings. The molecule has 0 saturated carbocycles. The molecule has 1 saturated heterocycles. The summed E-state index contributed by atoms with van der Waals surface area (Å²) in [7, 11) is 0. The Hall–Kier alpha value is -1.18. The molecule has 1 aromatic rings. The molecular formula is C16H28N4O2S. The molecule has 130 valence electrons. The number of amides is 2. The molecule has 6 nitrogen and oxygen atoms in total. The molecule has 2 N–H and O–H groups in total. The monoisotopic (exact) mass is 340 g/mol. The van der Waals surface area contributed by atoms with Crippen LogP contribution in [-0.4, -0.2) is 63.7 Å². The van der Waals surface area contributed by atoms with Gasteiger partial charge in [0, 0.05) is 43.8 Å². The minimum Gasteiger partial charge on any atom is -0.389 e. The predicted octanol–water partition coefficient (Wildman–Crippen LogP) is 2.08. The lowest BCUT2D eigenvalue weighted by Gasteiger charge is -2.41. The molecule has 0 radical (unpaired) electrons. The molecule has 0 bridgehead atoms. The van der Waals surface area contributed by atoms with Gasteiger partial charge in [-0.15, -0.1) is 11.3 Å². The average Bonchev–Trinajstić information content (AvgIpc) is 2.96. The standard InChI is InChI=1S/C16H28N4O2S/c1-5-13(14-17-6-9-23-14)18-15(21)20-8-7-19(10-12(20)2)11-16(3,4)22/h6,9,12-13,22H,5,7-8,10-11H2,1-4H3,(H,18,21)/t12-,13+/m0/s1. The van der Waals surface area contributed by atoms with E-state index in [-0.39, 0.29) is 18.1 Å². The van der Waals surface area contributed by atoms with Crippen molar-refractivity contribution < 1.29 is 9.90 Å². The summed E-state index contributed by atoms with van der Waals surface area (Å²) in [5.41, 5.74) is -0.706. The highest BCUT2D eigenvalue weighted by atomic mass is 32.1. The van der Waals surface area contributed by atoms with Crippen LogP contribution in [0.5, 0.6) is 0 Å². The largest absolute Gasteiger partial charge is 0.389 e. The first-order valence-corrected chi connectivity index (χ1v) is 9.09. The van der Waals surface area contributed by atoms with Crippen LogP contribution in [0.15, 0.2) is 11.6 Å². The van der Waals surface area contributed by atoms with Crippen molar-refractivity contribution in [1.82, 2.24) is 20.1 Å². The van der Waals surface area contributed by atoms with Crippen LogP contribution in [0.4, 0.5) is 4.79 Å². The summed E-state index contributed by atoms with van der Waals surface area (Å²) in [6.45, 7) is 10.6. The Kier molecular flexibility index (Phi) is 6.00. The maximum Gasteiger partial charge on any atom is 0.318 e. The lowest BCUT2D eigenvalue weighted by atomic mass is 10.1. The van der Waals surface area contributed by atoms with Crippen LogP contribution in [0.25, 0.3) is 0 Å². The SMILES string of the molecule is CC[C@@H](NC(=O)N1CCN(CC(C)(C)O)C[C@@H]1C)c1nccs1. The fourth-order valence-electron chi connectivity index (χ4n) is 3.00. The normalized spacial score (nSPS) is 21.3. The number of hydrogen-bond acceptors (Lipinski definition) is 5. The molecule has 23 heavy (non-hydrogen) atoms. The van der Waals surface area contributed by atoms with Gasteiger partial charge in [-0.2, -0.15) is 0 Å². The molecule has 2 amide bonds. The van der Waals surface area contributed by atoms with Crippen LogP contribution in [0.2, 0.25) is 0 Å². The Morgan fingerprint density at radius 3 is 2.83 bits per heavy atom.